The Morgan fingerprint density at radius 1 is 1.46 bits per heavy atom. The summed E-state index contributed by atoms with van der Waals surface area (Å²) < 4.78 is 0. The van der Waals surface area contributed by atoms with E-state index >= 15 is 0 Å². The van der Waals surface area contributed by atoms with Crippen molar-refractivity contribution in [3.63, 3.8) is 0 Å². The van der Waals surface area contributed by atoms with Gasteiger partial charge in [0, 0.05) is 19.5 Å². The monoisotopic (exact) mass is 202 g/mol. The van der Waals surface area contributed by atoms with E-state index in [1.54, 1.807) is 0 Å². The fraction of sp³-hybridized carbons (Fsp3) is 0.889. The number of nitrogens with two attached hydrogens (primary N) is 1. The molecule has 1 rings (SSSR count). The summed E-state index contributed by atoms with van der Waals surface area (Å²) in [7, 11) is 0. The molecule has 0 atom stereocenters. The molecule has 1 aliphatic heterocycles. The molecule has 0 aromatic rings. The molecule has 0 radical (unpaired) electrons. The molecule has 1 fully saturated rings. The zero-order valence-corrected chi connectivity index (χ0v) is 8.74. The number of carbonyl (C=O) groups is 1. The van der Waals surface area contributed by atoms with Gasteiger partial charge in [-0.3, -0.25) is 4.79 Å². The third-order valence-corrected chi connectivity index (χ3v) is 3.35. The third kappa shape index (κ3) is 4.52. The molecule has 3 N–H and O–H groups in total. The summed E-state index contributed by atoms with van der Waals surface area (Å²) in [6.45, 7) is 1.30. The Hall–Kier alpha value is -0.220. The van der Waals surface area contributed by atoms with Crippen LogP contribution >= 0.6 is 11.8 Å². The standard InChI is InChI=1S/C9H18N2OS/c10-4-1-9(12)11-7-8-2-5-13-6-3-8/h8H,1-7,10H2,(H,11,12). The summed E-state index contributed by atoms with van der Waals surface area (Å²) in [4.78, 5) is 11.1. The number of carbonyl (C=O) groups excluding carboxylic acids is 1. The Kier molecular flexibility index (Phi) is 5.23. The van der Waals surface area contributed by atoms with Crippen molar-refractivity contribution in [2.75, 3.05) is 24.6 Å². The van der Waals surface area contributed by atoms with Gasteiger partial charge in [0.25, 0.3) is 0 Å². The van der Waals surface area contributed by atoms with Gasteiger partial charge in [0.2, 0.25) is 5.91 Å². The number of nitrogens with one attached hydrogen (secondary N) is 1. The lowest BCUT2D eigenvalue weighted by Crippen LogP contribution is -2.32. The first-order valence-corrected chi connectivity index (χ1v) is 6.03. The second-order valence-corrected chi connectivity index (χ2v) is 4.62. The molecular formula is C9H18N2OS. The van der Waals surface area contributed by atoms with Crippen LogP contribution in [-0.4, -0.2) is 30.5 Å². The van der Waals surface area contributed by atoms with Gasteiger partial charge in [-0.05, 0) is 30.3 Å². The van der Waals surface area contributed by atoms with Gasteiger partial charge >= 0.3 is 0 Å². The molecule has 1 aliphatic rings. The number of rotatable bonds is 4. The van der Waals surface area contributed by atoms with Crippen LogP contribution in [0.15, 0.2) is 0 Å². The molecule has 3 nitrogen and oxygen atoms in total. The molecular weight excluding hydrogens is 184 g/mol. The smallest absolute Gasteiger partial charge is 0.221 e. The Labute approximate surface area is 83.8 Å². The fourth-order valence-electron chi connectivity index (χ4n) is 1.43. The van der Waals surface area contributed by atoms with Gasteiger partial charge in [0.1, 0.15) is 0 Å². The Bertz CT molecular complexity index is 158. The summed E-state index contributed by atoms with van der Waals surface area (Å²) in [6, 6.07) is 0. The van der Waals surface area contributed by atoms with Crippen LogP contribution < -0.4 is 11.1 Å². The van der Waals surface area contributed by atoms with Gasteiger partial charge in [-0.25, -0.2) is 0 Å². The Morgan fingerprint density at radius 3 is 2.77 bits per heavy atom. The maximum absolute atomic E-state index is 11.1. The first-order chi connectivity index (χ1) is 6.33. The van der Waals surface area contributed by atoms with E-state index in [1.807, 2.05) is 11.8 Å². The average molecular weight is 202 g/mol. The molecule has 0 unspecified atom stereocenters. The van der Waals surface area contributed by atoms with Gasteiger partial charge in [-0.2, -0.15) is 11.8 Å². The van der Waals surface area contributed by atoms with Crippen LogP contribution in [0.2, 0.25) is 0 Å². The second-order valence-electron chi connectivity index (χ2n) is 3.40. The predicted molar refractivity (Wildman–Crippen MR) is 56.7 cm³/mol. The second kappa shape index (κ2) is 6.27. The van der Waals surface area contributed by atoms with Crippen molar-refractivity contribution in [3.05, 3.63) is 0 Å². The molecule has 1 saturated heterocycles. The zero-order valence-electron chi connectivity index (χ0n) is 7.92. The molecule has 0 aliphatic carbocycles. The highest BCUT2D eigenvalue weighted by Gasteiger charge is 2.13. The Balaban J connectivity index is 2.06. The average Bonchev–Trinajstić information content (AvgIpc) is 2.17. The van der Waals surface area contributed by atoms with E-state index in [4.69, 9.17) is 5.73 Å². The first kappa shape index (κ1) is 10.9. The molecule has 0 saturated carbocycles. The highest BCUT2D eigenvalue weighted by molar-refractivity contribution is 7.99. The first-order valence-electron chi connectivity index (χ1n) is 4.87. The van der Waals surface area contributed by atoms with Crippen LogP contribution in [0.1, 0.15) is 19.3 Å². The topological polar surface area (TPSA) is 55.1 Å². The van der Waals surface area contributed by atoms with E-state index in [2.05, 4.69) is 5.32 Å². The number of thioether (sulfide) groups is 1. The van der Waals surface area contributed by atoms with E-state index in [-0.39, 0.29) is 5.91 Å². The number of hydrogen-bond acceptors (Lipinski definition) is 3. The van der Waals surface area contributed by atoms with E-state index in [0.717, 1.165) is 6.54 Å². The summed E-state index contributed by atoms with van der Waals surface area (Å²) in [5, 5.41) is 2.93. The number of amides is 1. The van der Waals surface area contributed by atoms with Crippen LogP contribution in [0.3, 0.4) is 0 Å². The van der Waals surface area contributed by atoms with Crippen LogP contribution in [-0.2, 0) is 4.79 Å². The predicted octanol–water partition coefficient (Wildman–Crippen LogP) is 0.595. The van der Waals surface area contributed by atoms with E-state index < -0.39 is 0 Å². The van der Waals surface area contributed by atoms with Gasteiger partial charge in [0.05, 0.1) is 0 Å². The van der Waals surface area contributed by atoms with Crippen LogP contribution in [0.25, 0.3) is 0 Å². The fourth-order valence-corrected chi connectivity index (χ4v) is 2.63. The third-order valence-electron chi connectivity index (χ3n) is 2.30. The minimum absolute atomic E-state index is 0.0979. The van der Waals surface area contributed by atoms with Crippen LogP contribution in [0.5, 0.6) is 0 Å². The normalized spacial score (nSPS) is 18.5. The minimum Gasteiger partial charge on any atom is -0.356 e. The van der Waals surface area contributed by atoms with E-state index in [1.165, 1.54) is 24.3 Å². The summed E-state index contributed by atoms with van der Waals surface area (Å²) in [5.41, 5.74) is 5.27. The molecule has 0 spiro atoms. The van der Waals surface area contributed by atoms with Gasteiger partial charge in [-0.1, -0.05) is 0 Å². The zero-order chi connectivity index (χ0) is 9.52. The molecule has 1 heterocycles. The minimum atomic E-state index is 0.0979. The molecule has 0 aromatic heterocycles. The van der Waals surface area contributed by atoms with Crippen molar-refractivity contribution in [2.45, 2.75) is 19.3 Å². The van der Waals surface area contributed by atoms with Crippen LogP contribution in [0.4, 0.5) is 0 Å². The highest BCUT2D eigenvalue weighted by Crippen LogP contribution is 2.21. The summed E-state index contributed by atoms with van der Waals surface area (Å²) in [6.07, 6.45) is 2.95. The Morgan fingerprint density at radius 2 is 2.15 bits per heavy atom. The largest absolute Gasteiger partial charge is 0.356 e. The molecule has 13 heavy (non-hydrogen) atoms. The van der Waals surface area contributed by atoms with Crippen LogP contribution in [0, 0.1) is 5.92 Å². The number of hydrogen-bond donors (Lipinski definition) is 2. The lowest BCUT2D eigenvalue weighted by atomic mass is 10.0. The highest BCUT2D eigenvalue weighted by atomic mass is 32.2. The SMILES string of the molecule is NCCC(=O)NCC1CCSCC1. The maximum Gasteiger partial charge on any atom is 0.221 e. The van der Waals surface area contributed by atoms with Gasteiger partial charge < -0.3 is 11.1 Å². The van der Waals surface area contributed by atoms with Crippen molar-refractivity contribution in [3.8, 4) is 0 Å². The summed E-state index contributed by atoms with van der Waals surface area (Å²) >= 11 is 2.01. The summed E-state index contributed by atoms with van der Waals surface area (Å²) in [5.74, 6) is 3.29. The van der Waals surface area contributed by atoms with E-state index in [0.29, 0.717) is 18.9 Å². The quantitative estimate of drug-likeness (QED) is 0.701. The van der Waals surface area contributed by atoms with Crippen molar-refractivity contribution in [1.29, 1.82) is 0 Å². The maximum atomic E-state index is 11.1. The molecule has 1 amide bonds. The van der Waals surface area contributed by atoms with Gasteiger partial charge in [0.15, 0.2) is 0 Å². The molecule has 76 valence electrons. The molecule has 4 heteroatoms. The van der Waals surface area contributed by atoms with Crippen molar-refractivity contribution < 1.29 is 4.79 Å². The molecule has 0 bridgehead atoms. The van der Waals surface area contributed by atoms with Crippen molar-refractivity contribution in [1.82, 2.24) is 5.32 Å². The van der Waals surface area contributed by atoms with Crippen molar-refractivity contribution in [2.24, 2.45) is 11.7 Å². The van der Waals surface area contributed by atoms with E-state index in [9.17, 15) is 4.79 Å². The molecule has 0 aromatic carbocycles. The van der Waals surface area contributed by atoms with Gasteiger partial charge in [-0.15, -0.1) is 0 Å². The lowest BCUT2D eigenvalue weighted by molar-refractivity contribution is -0.121. The lowest BCUT2D eigenvalue weighted by Gasteiger charge is -2.21. The van der Waals surface area contributed by atoms with Crippen molar-refractivity contribution >= 4 is 17.7 Å².